The Kier molecular flexibility index (Phi) is 4.28. The molecule has 1 saturated carbocycles. The second-order valence-electron chi connectivity index (χ2n) is 6.02. The van der Waals surface area contributed by atoms with E-state index in [2.05, 4.69) is 12.2 Å². The molecule has 0 aromatic heterocycles. The Bertz CT molecular complexity index is 504. The number of aliphatic hydroxyl groups is 1. The molecule has 2 atom stereocenters. The summed E-state index contributed by atoms with van der Waals surface area (Å²) in [7, 11) is 0. The molecule has 5 heteroatoms. The van der Waals surface area contributed by atoms with Crippen LogP contribution in [0.15, 0.2) is 18.2 Å². The molecule has 0 aliphatic heterocycles. The van der Waals surface area contributed by atoms with Crippen LogP contribution in [0.2, 0.25) is 0 Å². The first-order chi connectivity index (χ1) is 9.46. The van der Waals surface area contributed by atoms with Crippen LogP contribution in [0.3, 0.4) is 0 Å². The number of anilines is 1. The predicted octanol–water partition coefficient (Wildman–Crippen LogP) is 3.26. The predicted molar refractivity (Wildman–Crippen MR) is 78.9 cm³/mol. The van der Waals surface area contributed by atoms with Gasteiger partial charge in [0.1, 0.15) is 0 Å². The van der Waals surface area contributed by atoms with Crippen molar-refractivity contribution in [2.24, 2.45) is 5.92 Å². The van der Waals surface area contributed by atoms with E-state index in [1.165, 1.54) is 12.5 Å². The minimum atomic E-state index is -0.389. The van der Waals surface area contributed by atoms with Gasteiger partial charge >= 0.3 is 0 Å². The maximum absolute atomic E-state index is 10.9. The number of non-ortho nitro benzene ring substituents is 1. The number of rotatable bonds is 4. The van der Waals surface area contributed by atoms with Crippen LogP contribution in [-0.4, -0.2) is 22.2 Å². The Hall–Kier alpha value is -1.62. The van der Waals surface area contributed by atoms with Gasteiger partial charge in [-0.2, -0.15) is 0 Å². The fourth-order valence-corrected chi connectivity index (χ4v) is 3.10. The summed E-state index contributed by atoms with van der Waals surface area (Å²) >= 11 is 0. The molecule has 110 valence electrons. The van der Waals surface area contributed by atoms with Crippen molar-refractivity contribution in [1.29, 1.82) is 0 Å². The van der Waals surface area contributed by atoms with Crippen molar-refractivity contribution in [1.82, 2.24) is 0 Å². The summed E-state index contributed by atoms with van der Waals surface area (Å²) in [6, 6.07) is 4.82. The van der Waals surface area contributed by atoms with Crippen molar-refractivity contribution in [2.75, 3.05) is 11.9 Å². The molecular formula is C15H22N2O3. The summed E-state index contributed by atoms with van der Waals surface area (Å²) in [5.74, 6) is 0.558. The monoisotopic (exact) mass is 278 g/mol. The third kappa shape index (κ3) is 3.10. The summed E-state index contributed by atoms with van der Waals surface area (Å²) in [6.45, 7) is 4.16. The van der Waals surface area contributed by atoms with E-state index in [-0.39, 0.29) is 22.8 Å². The van der Waals surface area contributed by atoms with Crippen molar-refractivity contribution in [3.05, 3.63) is 33.9 Å². The standard InChI is InChI=1S/C15H22N2O3/c1-11-4-3-7-15(9-11,10-18)16-14-8-13(17(19)20)6-5-12(14)2/h5-6,8,11,16,18H,3-4,7,9-10H2,1-2H3. The normalized spacial score (nSPS) is 26.2. The van der Waals surface area contributed by atoms with E-state index in [1.54, 1.807) is 12.1 Å². The third-order valence-electron chi connectivity index (χ3n) is 4.23. The number of benzene rings is 1. The first kappa shape index (κ1) is 14.8. The van der Waals surface area contributed by atoms with Crippen LogP contribution in [0.5, 0.6) is 0 Å². The molecule has 1 aliphatic carbocycles. The van der Waals surface area contributed by atoms with Gasteiger partial charge in [0.15, 0.2) is 0 Å². The highest BCUT2D eigenvalue weighted by molar-refractivity contribution is 5.58. The second-order valence-corrected chi connectivity index (χ2v) is 6.02. The highest BCUT2D eigenvalue weighted by atomic mass is 16.6. The number of nitro benzene ring substituents is 1. The molecule has 0 saturated heterocycles. The lowest BCUT2D eigenvalue weighted by Crippen LogP contribution is -2.46. The van der Waals surface area contributed by atoms with E-state index >= 15 is 0 Å². The van der Waals surface area contributed by atoms with Crippen LogP contribution in [0.4, 0.5) is 11.4 Å². The quantitative estimate of drug-likeness (QED) is 0.654. The Balaban J connectivity index is 2.27. The van der Waals surface area contributed by atoms with Crippen LogP contribution >= 0.6 is 0 Å². The van der Waals surface area contributed by atoms with E-state index in [4.69, 9.17) is 0 Å². The highest BCUT2D eigenvalue weighted by Crippen LogP contribution is 2.36. The molecule has 1 aromatic carbocycles. The molecule has 0 bridgehead atoms. The van der Waals surface area contributed by atoms with E-state index in [0.717, 1.165) is 30.5 Å². The number of nitro groups is 1. The Morgan fingerprint density at radius 3 is 2.90 bits per heavy atom. The molecule has 1 aliphatic rings. The van der Waals surface area contributed by atoms with Gasteiger partial charge in [-0.05, 0) is 31.2 Å². The van der Waals surface area contributed by atoms with Crippen LogP contribution in [0.1, 0.15) is 38.2 Å². The SMILES string of the molecule is Cc1ccc([N+](=O)[O-])cc1NC1(CO)CCCC(C)C1. The maximum atomic E-state index is 10.9. The van der Waals surface area contributed by atoms with Gasteiger partial charge in [-0.1, -0.05) is 25.8 Å². The molecule has 0 radical (unpaired) electrons. The lowest BCUT2D eigenvalue weighted by Gasteiger charge is -2.40. The average molecular weight is 278 g/mol. The van der Waals surface area contributed by atoms with Gasteiger partial charge in [-0.3, -0.25) is 10.1 Å². The molecule has 1 aromatic rings. The van der Waals surface area contributed by atoms with Gasteiger partial charge in [-0.15, -0.1) is 0 Å². The third-order valence-corrected chi connectivity index (χ3v) is 4.23. The van der Waals surface area contributed by atoms with Gasteiger partial charge in [-0.25, -0.2) is 0 Å². The smallest absolute Gasteiger partial charge is 0.271 e. The molecule has 2 rings (SSSR count). The fraction of sp³-hybridized carbons (Fsp3) is 0.600. The van der Waals surface area contributed by atoms with Crippen molar-refractivity contribution in [3.63, 3.8) is 0 Å². The highest BCUT2D eigenvalue weighted by Gasteiger charge is 2.34. The van der Waals surface area contributed by atoms with Gasteiger partial charge in [0.05, 0.1) is 17.1 Å². The van der Waals surface area contributed by atoms with Gasteiger partial charge < -0.3 is 10.4 Å². The zero-order valence-corrected chi connectivity index (χ0v) is 12.1. The largest absolute Gasteiger partial charge is 0.394 e. The second kappa shape index (κ2) is 5.79. The first-order valence-corrected chi connectivity index (χ1v) is 7.10. The van der Waals surface area contributed by atoms with E-state index in [9.17, 15) is 15.2 Å². The summed E-state index contributed by atoms with van der Waals surface area (Å²) in [4.78, 5) is 10.5. The van der Waals surface area contributed by atoms with Crippen LogP contribution in [0, 0.1) is 23.0 Å². The molecule has 1 fully saturated rings. The van der Waals surface area contributed by atoms with Crippen LogP contribution in [0.25, 0.3) is 0 Å². The molecular weight excluding hydrogens is 256 g/mol. The van der Waals surface area contributed by atoms with E-state index < -0.39 is 0 Å². The van der Waals surface area contributed by atoms with Gasteiger partial charge in [0.2, 0.25) is 0 Å². The zero-order valence-electron chi connectivity index (χ0n) is 12.1. The lowest BCUT2D eigenvalue weighted by atomic mass is 9.76. The molecule has 20 heavy (non-hydrogen) atoms. The summed E-state index contributed by atoms with van der Waals surface area (Å²) < 4.78 is 0. The van der Waals surface area contributed by atoms with Crippen molar-refractivity contribution < 1.29 is 10.0 Å². The Labute approximate surface area is 119 Å². The van der Waals surface area contributed by atoms with Crippen LogP contribution in [-0.2, 0) is 0 Å². The number of hydrogen-bond donors (Lipinski definition) is 2. The van der Waals surface area contributed by atoms with E-state index in [1.807, 2.05) is 6.92 Å². The number of hydrogen-bond acceptors (Lipinski definition) is 4. The van der Waals surface area contributed by atoms with Crippen molar-refractivity contribution >= 4 is 11.4 Å². The number of aryl methyl sites for hydroxylation is 1. The number of nitrogens with zero attached hydrogens (tertiary/aromatic N) is 1. The maximum Gasteiger partial charge on any atom is 0.271 e. The average Bonchev–Trinajstić information content (AvgIpc) is 2.41. The molecule has 0 heterocycles. The van der Waals surface area contributed by atoms with Crippen molar-refractivity contribution in [3.8, 4) is 0 Å². The summed E-state index contributed by atoms with van der Waals surface area (Å²) in [5, 5.41) is 24.1. The fourth-order valence-electron chi connectivity index (χ4n) is 3.10. The molecule has 5 nitrogen and oxygen atoms in total. The topological polar surface area (TPSA) is 75.4 Å². The van der Waals surface area contributed by atoms with E-state index in [0.29, 0.717) is 5.92 Å². The number of nitrogens with one attached hydrogen (secondary N) is 1. The number of aliphatic hydroxyl groups excluding tert-OH is 1. The first-order valence-electron chi connectivity index (χ1n) is 7.10. The Morgan fingerprint density at radius 1 is 1.55 bits per heavy atom. The molecule has 0 amide bonds. The van der Waals surface area contributed by atoms with Crippen LogP contribution < -0.4 is 5.32 Å². The Morgan fingerprint density at radius 2 is 2.30 bits per heavy atom. The summed E-state index contributed by atoms with van der Waals surface area (Å²) in [5.41, 5.74) is 1.44. The molecule has 0 spiro atoms. The van der Waals surface area contributed by atoms with Gasteiger partial charge in [0.25, 0.3) is 5.69 Å². The van der Waals surface area contributed by atoms with Crippen molar-refractivity contribution in [2.45, 2.75) is 45.1 Å². The molecule has 2 unspecified atom stereocenters. The lowest BCUT2D eigenvalue weighted by molar-refractivity contribution is -0.384. The zero-order chi connectivity index (χ0) is 14.8. The summed E-state index contributed by atoms with van der Waals surface area (Å²) in [6.07, 6.45) is 4.04. The minimum absolute atomic E-state index is 0.0550. The van der Waals surface area contributed by atoms with Gasteiger partial charge in [0, 0.05) is 17.8 Å². The minimum Gasteiger partial charge on any atom is -0.394 e. The molecule has 2 N–H and O–H groups in total.